The fourth-order valence-electron chi connectivity index (χ4n) is 11.9. The Bertz CT molecular complexity index is 1430. The van der Waals surface area contributed by atoms with Crippen molar-refractivity contribution in [2.45, 2.75) is 259 Å². The average Bonchev–Trinajstić information content (AvgIpc) is 3.13. The van der Waals surface area contributed by atoms with E-state index in [9.17, 15) is 0 Å². The molecule has 12 heteroatoms. The number of anilines is 2. The summed E-state index contributed by atoms with van der Waals surface area (Å²) in [5.74, 6) is 1.55. The Kier molecular flexibility index (Phi) is 18.0. The molecule has 4 heterocycles. The molecule has 3 aliphatic rings. The molecule has 0 radical (unpaired) electrons. The third-order valence-corrected chi connectivity index (χ3v) is 13.8. The summed E-state index contributed by atoms with van der Waals surface area (Å²) in [4.78, 5) is 41.9. The highest BCUT2D eigenvalue weighted by molar-refractivity contribution is 5.40. The Morgan fingerprint density at radius 3 is 1.30 bits per heavy atom. The van der Waals surface area contributed by atoms with Crippen molar-refractivity contribution in [1.29, 1.82) is 0 Å². The molecule has 0 atom stereocenters. The third-order valence-electron chi connectivity index (χ3n) is 13.8. The van der Waals surface area contributed by atoms with Gasteiger partial charge in [0.2, 0.25) is 11.9 Å². The van der Waals surface area contributed by atoms with Gasteiger partial charge < -0.3 is 9.80 Å². The Balaban J connectivity index is 1.50. The Labute approximate surface area is 375 Å². The zero-order valence-corrected chi connectivity index (χ0v) is 42.9. The highest BCUT2D eigenvalue weighted by Crippen LogP contribution is 2.44. The predicted molar refractivity (Wildman–Crippen MR) is 254 cm³/mol. The molecule has 1 aromatic rings. The van der Waals surface area contributed by atoms with Crippen molar-refractivity contribution in [3.63, 3.8) is 0 Å². The topological polar surface area (TPSA) is 85.8 Å². The predicted octanol–water partition coefficient (Wildman–Crippen LogP) is 10.5. The number of rotatable bonds is 22. The molecule has 0 spiro atoms. The van der Waals surface area contributed by atoms with Crippen LogP contribution in [-0.4, -0.2) is 132 Å². The minimum Gasteiger partial charge on any atom is -0.341 e. The lowest BCUT2D eigenvalue weighted by atomic mass is 9.78. The molecule has 0 N–H and O–H groups in total. The number of hydrogen-bond acceptors (Lipinski definition) is 12. The number of unbranched alkanes of at least 4 members (excludes halogenated alkanes) is 3. The molecule has 3 saturated heterocycles. The molecule has 3 fully saturated rings. The van der Waals surface area contributed by atoms with E-state index in [1.165, 1.54) is 19.3 Å². The van der Waals surface area contributed by atoms with Crippen LogP contribution in [0.2, 0.25) is 0 Å². The lowest BCUT2D eigenvalue weighted by molar-refractivity contribution is -0.288. The van der Waals surface area contributed by atoms with E-state index in [0.29, 0.717) is 12.1 Å². The molecule has 0 unspecified atom stereocenters. The fraction of sp³-hybridized carbons (Fsp3) is 0.939. The van der Waals surface area contributed by atoms with Gasteiger partial charge in [0.15, 0.2) is 0 Å². The minimum atomic E-state index is -0.154. The Hall–Kier alpha value is -1.67. The fourth-order valence-corrected chi connectivity index (χ4v) is 11.9. The second-order valence-electron chi connectivity index (χ2n) is 23.1. The summed E-state index contributed by atoms with van der Waals surface area (Å²) in [6.45, 7) is 43.7. The van der Waals surface area contributed by atoms with Gasteiger partial charge in [0.1, 0.15) is 6.33 Å². The molecule has 4 rings (SSSR count). The molecule has 0 aromatic carbocycles. The summed E-state index contributed by atoms with van der Waals surface area (Å²) in [7, 11) is 2.17. The van der Waals surface area contributed by atoms with Gasteiger partial charge in [-0.3, -0.25) is 19.4 Å². The third kappa shape index (κ3) is 13.0. The van der Waals surface area contributed by atoms with Gasteiger partial charge in [-0.1, -0.05) is 33.6 Å². The first-order valence-electron chi connectivity index (χ1n) is 24.6. The Morgan fingerprint density at radius 2 is 0.902 bits per heavy atom. The zero-order chi connectivity index (χ0) is 45.6. The van der Waals surface area contributed by atoms with E-state index in [0.717, 1.165) is 109 Å². The van der Waals surface area contributed by atoms with Crippen LogP contribution in [0.15, 0.2) is 6.33 Å². The highest BCUT2D eigenvalue weighted by atomic mass is 16.7. The summed E-state index contributed by atoms with van der Waals surface area (Å²) >= 11 is 0. The summed E-state index contributed by atoms with van der Waals surface area (Å²) in [6.07, 6.45) is 15.5. The van der Waals surface area contributed by atoms with Crippen molar-refractivity contribution < 1.29 is 14.5 Å². The van der Waals surface area contributed by atoms with E-state index in [1.54, 1.807) is 6.33 Å². The first-order valence-corrected chi connectivity index (χ1v) is 24.6. The van der Waals surface area contributed by atoms with Crippen LogP contribution in [0.25, 0.3) is 0 Å². The monoisotopic (exact) mass is 858 g/mol. The van der Waals surface area contributed by atoms with Gasteiger partial charge in [-0.15, -0.1) is 0 Å². The van der Waals surface area contributed by atoms with Crippen molar-refractivity contribution in [2.75, 3.05) is 49.8 Å². The highest BCUT2D eigenvalue weighted by Gasteiger charge is 2.51. The first-order chi connectivity index (χ1) is 28.3. The summed E-state index contributed by atoms with van der Waals surface area (Å²) in [6, 6.07) is 1.57. The second-order valence-corrected chi connectivity index (χ2v) is 23.1. The molecule has 3 aliphatic heterocycles. The molecule has 61 heavy (non-hydrogen) atoms. The lowest BCUT2D eigenvalue weighted by Gasteiger charge is -2.56. The minimum absolute atomic E-state index is 0.0166. The quantitative estimate of drug-likeness (QED) is 0.104. The van der Waals surface area contributed by atoms with Gasteiger partial charge in [0, 0.05) is 71.0 Å². The van der Waals surface area contributed by atoms with E-state index >= 15 is 0 Å². The Morgan fingerprint density at radius 1 is 0.541 bits per heavy atom. The molecule has 354 valence electrons. The van der Waals surface area contributed by atoms with E-state index in [2.05, 4.69) is 155 Å². The van der Waals surface area contributed by atoms with E-state index in [-0.39, 0.29) is 45.3 Å². The molecular formula is C49H95N9O3. The van der Waals surface area contributed by atoms with Gasteiger partial charge >= 0.3 is 0 Å². The smallest absolute Gasteiger partial charge is 0.230 e. The molecule has 0 amide bonds. The molecule has 1 aromatic heterocycles. The van der Waals surface area contributed by atoms with Gasteiger partial charge in [-0.25, -0.2) is 9.97 Å². The molecule has 0 aliphatic carbocycles. The molecule has 0 bridgehead atoms. The standard InChI is InChI=1S/C49H95N9O3/c1-19-28-59-56-44(6,7)31-39(32-45(56,8)9)53(18)42-50-37-51-43(52-42)55(41-35-48(14,15)58(61-30-21-3)49(16,17)36-41)27-25-23-22-24-26-54(38(4)5)40-33-46(10,11)57(60-29-20-2)47(12,13)34-40/h37-41H,19-36H2,1-18H3. The average molecular weight is 858 g/mol. The van der Waals surface area contributed by atoms with Crippen LogP contribution >= 0.6 is 0 Å². The van der Waals surface area contributed by atoms with E-state index in [4.69, 9.17) is 29.5 Å². The van der Waals surface area contributed by atoms with Crippen molar-refractivity contribution in [3.8, 4) is 0 Å². The van der Waals surface area contributed by atoms with Crippen LogP contribution in [-0.2, 0) is 14.5 Å². The number of aromatic nitrogens is 3. The maximum atomic E-state index is 6.47. The number of piperidine rings is 3. The number of hydrogen-bond donors (Lipinski definition) is 0. The normalized spacial score (nSPS) is 23.5. The lowest BCUT2D eigenvalue weighted by Crippen LogP contribution is -2.64. The van der Waals surface area contributed by atoms with Crippen molar-refractivity contribution in [3.05, 3.63) is 6.33 Å². The number of nitrogens with zero attached hydrogens (tertiary/aromatic N) is 9. The summed E-state index contributed by atoms with van der Waals surface area (Å²) < 4.78 is 0. The SMILES string of the molecule is CCCON1C(C)(C)CC(N(C)c2ncnc(N(CCCCCCN(C(C)C)C3CC(C)(C)N(OCCC)C(C)(C)C3)C3CC(C)(C)N(OCCC)C(C)(C)C3)n2)CC1(C)C. The van der Waals surface area contributed by atoms with Gasteiger partial charge in [0.25, 0.3) is 0 Å². The van der Waals surface area contributed by atoms with Crippen LogP contribution in [0.5, 0.6) is 0 Å². The van der Waals surface area contributed by atoms with Crippen LogP contribution < -0.4 is 9.80 Å². The molecule has 12 nitrogen and oxygen atoms in total. The maximum absolute atomic E-state index is 6.47. The second kappa shape index (κ2) is 21.1. The van der Waals surface area contributed by atoms with E-state index in [1.807, 2.05) is 0 Å². The largest absolute Gasteiger partial charge is 0.341 e. The van der Waals surface area contributed by atoms with E-state index < -0.39 is 0 Å². The van der Waals surface area contributed by atoms with Crippen LogP contribution in [0.4, 0.5) is 11.9 Å². The molecular weight excluding hydrogens is 763 g/mol. The van der Waals surface area contributed by atoms with Crippen LogP contribution in [0, 0.1) is 0 Å². The molecule has 0 saturated carbocycles. The van der Waals surface area contributed by atoms with Gasteiger partial charge in [0.05, 0.1) is 19.8 Å². The maximum Gasteiger partial charge on any atom is 0.230 e. The van der Waals surface area contributed by atoms with Crippen molar-refractivity contribution in [1.82, 2.24) is 35.0 Å². The van der Waals surface area contributed by atoms with Crippen LogP contribution in [0.3, 0.4) is 0 Å². The van der Waals surface area contributed by atoms with Gasteiger partial charge in [-0.05, 0) is 174 Å². The zero-order valence-electron chi connectivity index (χ0n) is 42.9. The van der Waals surface area contributed by atoms with Crippen molar-refractivity contribution >= 4 is 11.9 Å². The first kappa shape index (κ1) is 52.0. The van der Waals surface area contributed by atoms with Crippen molar-refractivity contribution in [2.24, 2.45) is 0 Å². The summed E-state index contributed by atoms with van der Waals surface area (Å²) in [5.41, 5.74) is -0.612. The summed E-state index contributed by atoms with van der Waals surface area (Å²) in [5, 5.41) is 6.86. The van der Waals surface area contributed by atoms with Crippen LogP contribution in [0.1, 0.15) is 201 Å². The number of hydroxylamine groups is 6. The van der Waals surface area contributed by atoms with Gasteiger partial charge in [-0.2, -0.15) is 20.2 Å².